The van der Waals surface area contributed by atoms with Gasteiger partial charge in [0.1, 0.15) is 5.82 Å². The van der Waals surface area contributed by atoms with Gasteiger partial charge in [-0.1, -0.05) is 13.8 Å². The monoisotopic (exact) mass is 207 g/mol. The molecule has 15 heavy (non-hydrogen) atoms. The van der Waals surface area contributed by atoms with Crippen molar-refractivity contribution in [3.63, 3.8) is 0 Å². The maximum atomic E-state index is 4.63. The SMILES string of the molecule is CCC1CC(CC)n2nc(C)c(C)c2N1. The van der Waals surface area contributed by atoms with Crippen molar-refractivity contribution in [3.8, 4) is 0 Å². The molecule has 1 N–H and O–H groups in total. The molecule has 0 radical (unpaired) electrons. The molecule has 2 unspecified atom stereocenters. The quantitative estimate of drug-likeness (QED) is 0.807. The van der Waals surface area contributed by atoms with E-state index >= 15 is 0 Å². The van der Waals surface area contributed by atoms with Crippen LogP contribution in [0.25, 0.3) is 0 Å². The fraction of sp³-hybridized carbons (Fsp3) is 0.750. The van der Waals surface area contributed by atoms with Crippen LogP contribution in [0.15, 0.2) is 0 Å². The zero-order valence-electron chi connectivity index (χ0n) is 10.2. The molecule has 0 aliphatic carbocycles. The molecule has 0 aromatic carbocycles. The maximum absolute atomic E-state index is 4.63. The fourth-order valence-electron chi connectivity index (χ4n) is 2.36. The number of aryl methyl sites for hydroxylation is 1. The summed E-state index contributed by atoms with van der Waals surface area (Å²) in [5, 5.41) is 8.23. The van der Waals surface area contributed by atoms with Gasteiger partial charge >= 0.3 is 0 Å². The lowest BCUT2D eigenvalue weighted by Crippen LogP contribution is -2.31. The molecule has 3 heteroatoms. The first-order valence-corrected chi connectivity index (χ1v) is 5.99. The number of hydrogen-bond acceptors (Lipinski definition) is 2. The summed E-state index contributed by atoms with van der Waals surface area (Å²) in [7, 11) is 0. The highest BCUT2D eigenvalue weighted by molar-refractivity contribution is 5.49. The lowest BCUT2D eigenvalue weighted by molar-refractivity contribution is 0.361. The zero-order chi connectivity index (χ0) is 11.0. The molecule has 0 spiro atoms. The summed E-state index contributed by atoms with van der Waals surface area (Å²) >= 11 is 0. The third-order valence-corrected chi connectivity index (χ3v) is 3.59. The van der Waals surface area contributed by atoms with Crippen LogP contribution in [0.3, 0.4) is 0 Å². The first-order chi connectivity index (χ1) is 7.17. The molecule has 1 aromatic rings. The molecule has 1 aliphatic rings. The van der Waals surface area contributed by atoms with E-state index in [4.69, 9.17) is 0 Å². The molecule has 0 saturated heterocycles. The van der Waals surface area contributed by atoms with Gasteiger partial charge in [0.15, 0.2) is 0 Å². The number of fused-ring (bicyclic) bond motifs is 1. The molecule has 2 atom stereocenters. The van der Waals surface area contributed by atoms with Gasteiger partial charge in [0.2, 0.25) is 0 Å². The predicted octanol–water partition coefficient (Wildman–Crippen LogP) is 3.05. The number of anilines is 1. The number of nitrogens with zero attached hydrogens (tertiary/aromatic N) is 2. The number of rotatable bonds is 2. The zero-order valence-corrected chi connectivity index (χ0v) is 10.2. The largest absolute Gasteiger partial charge is 0.367 e. The van der Waals surface area contributed by atoms with E-state index in [1.54, 1.807) is 0 Å². The third-order valence-electron chi connectivity index (χ3n) is 3.59. The molecule has 2 rings (SSSR count). The van der Waals surface area contributed by atoms with Crippen LogP contribution in [0.2, 0.25) is 0 Å². The van der Waals surface area contributed by atoms with Gasteiger partial charge in [-0.05, 0) is 33.1 Å². The molecule has 84 valence electrons. The summed E-state index contributed by atoms with van der Waals surface area (Å²) in [6.45, 7) is 8.75. The molecule has 0 bridgehead atoms. The van der Waals surface area contributed by atoms with Crippen LogP contribution < -0.4 is 5.32 Å². The second kappa shape index (κ2) is 3.87. The van der Waals surface area contributed by atoms with Gasteiger partial charge in [-0.3, -0.25) is 0 Å². The highest BCUT2D eigenvalue weighted by Crippen LogP contribution is 2.33. The fourth-order valence-corrected chi connectivity index (χ4v) is 2.36. The van der Waals surface area contributed by atoms with Crippen molar-refractivity contribution in [3.05, 3.63) is 11.3 Å². The number of aromatic nitrogens is 2. The maximum Gasteiger partial charge on any atom is 0.128 e. The summed E-state index contributed by atoms with van der Waals surface area (Å²) in [6, 6.07) is 1.20. The smallest absolute Gasteiger partial charge is 0.128 e. The Hall–Kier alpha value is -0.990. The minimum Gasteiger partial charge on any atom is -0.367 e. The lowest BCUT2D eigenvalue weighted by Gasteiger charge is -2.31. The molecular formula is C12H21N3. The summed E-state index contributed by atoms with van der Waals surface area (Å²) in [6.07, 6.45) is 3.58. The van der Waals surface area contributed by atoms with Crippen molar-refractivity contribution in [2.45, 2.75) is 59.0 Å². The van der Waals surface area contributed by atoms with Gasteiger partial charge in [-0.25, -0.2) is 4.68 Å². The Morgan fingerprint density at radius 3 is 2.67 bits per heavy atom. The summed E-state index contributed by atoms with van der Waals surface area (Å²) in [4.78, 5) is 0. The van der Waals surface area contributed by atoms with Gasteiger partial charge < -0.3 is 5.32 Å². The molecule has 3 nitrogen and oxygen atoms in total. The van der Waals surface area contributed by atoms with Crippen molar-refractivity contribution in [1.29, 1.82) is 0 Å². The van der Waals surface area contributed by atoms with Crippen molar-refractivity contribution >= 4 is 5.82 Å². The van der Waals surface area contributed by atoms with Gasteiger partial charge in [0.05, 0.1) is 11.7 Å². The summed E-state index contributed by atoms with van der Waals surface area (Å²) in [5.74, 6) is 1.25. The molecule has 1 aliphatic heterocycles. The summed E-state index contributed by atoms with van der Waals surface area (Å²) < 4.78 is 2.19. The molecular weight excluding hydrogens is 186 g/mol. The minimum absolute atomic E-state index is 0.582. The molecule has 0 fully saturated rings. The molecule has 0 saturated carbocycles. The first kappa shape index (κ1) is 10.5. The van der Waals surface area contributed by atoms with Crippen molar-refractivity contribution in [2.24, 2.45) is 0 Å². The van der Waals surface area contributed by atoms with E-state index in [0.29, 0.717) is 12.1 Å². The second-order valence-electron chi connectivity index (χ2n) is 4.55. The highest BCUT2D eigenvalue weighted by Gasteiger charge is 2.27. The molecule has 1 aromatic heterocycles. The van der Waals surface area contributed by atoms with Gasteiger partial charge in [0.25, 0.3) is 0 Å². The predicted molar refractivity (Wildman–Crippen MR) is 63.3 cm³/mol. The van der Waals surface area contributed by atoms with Crippen molar-refractivity contribution in [2.75, 3.05) is 5.32 Å². The topological polar surface area (TPSA) is 29.9 Å². The Morgan fingerprint density at radius 1 is 1.33 bits per heavy atom. The standard InChI is InChI=1S/C12H21N3/c1-5-10-7-11(6-2)15-12(13-10)8(3)9(4)14-15/h10-11,13H,5-7H2,1-4H3. The van der Waals surface area contributed by atoms with E-state index in [2.05, 4.69) is 42.8 Å². The van der Waals surface area contributed by atoms with Crippen molar-refractivity contribution < 1.29 is 0 Å². The Morgan fingerprint density at radius 2 is 2.07 bits per heavy atom. The van der Waals surface area contributed by atoms with Crippen LogP contribution in [0.5, 0.6) is 0 Å². The average Bonchev–Trinajstić information content (AvgIpc) is 2.54. The number of hydrogen-bond donors (Lipinski definition) is 1. The second-order valence-corrected chi connectivity index (χ2v) is 4.55. The molecule has 0 amide bonds. The van der Waals surface area contributed by atoms with E-state index in [-0.39, 0.29) is 0 Å². The Labute approximate surface area is 91.9 Å². The van der Waals surface area contributed by atoms with Crippen LogP contribution in [-0.2, 0) is 0 Å². The van der Waals surface area contributed by atoms with Gasteiger partial charge in [0, 0.05) is 11.6 Å². The van der Waals surface area contributed by atoms with Crippen LogP contribution in [0.1, 0.15) is 50.4 Å². The van der Waals surface area contributed by atoms with E-state index in [1.165, 1.54) is 30.6 Å². The normalized spacial score (nSPS) is 24.8. The van der Waals surface area contributed by atoms with E-state index < -0.39 is 0 Å². The Balaban J connectivity index is 2.40. The van der Waals surface area contributed by atoms with E-state index in [9.17, 15) is 0 Å². The van der Waals surface area contributed by atoms with Crippen LogP contribution in [-0.4, -0.2) is 15.8 Å². The van der Waals surface area contributed by atoms with Crippen LogP contribution in [0, 0.1) is 13.8 Å². The summed E-state index contributed by atoms with van der Waals surface area (Å²) in [5.41, 5.74) is 2.47. The Kier molecular flexibility index (Phi) is 2.72. The lowest BCUT2D eigenvalue weighted by atomic mass is 10.0. The number of nitrogens with one attached hydrogen (secondary N) is 1. The van der Waals surface area contributed by atoms with E-state index in [1.807, 2.05) is 0 Å². The van der Waals surface area contributed by atoms with Crippen LogP contribution in [0.4, 0.5) is 5.82 Å². The van der Waals surface area contributed by atoms with Crippen LogP contribution >= 0.6 is 0 Å². The molecule has 2 heterocycles. The van der Waals surface area contributed by atoms with E-state index in [0.717, 1.165) is 5.69 Å². The van der Waals surface area contributed by atoms with Gasteiger partial charge in [-0.15, -0.1) is 0 Å². The van der Waals surface area contributed by atoms with Crippen molar-refractivity contribution in [1.82, 2.24) is 9.78 Å². The average molecular weight is 207 g/mol. The first-order valence-electron chi connectivity index (χ1n) is 5.99. The highest BCUT2D eigenvalue weighted by atomic mass is 15.4. The minimum atomic E-state index is 0.582. The third kappa shape index (κ3) is 1.64. The Bertz CT molecular complexity index is 354. The van der Waals surface area contributed by atoms with Gasteiger partial charge in [-0.2, -0.15) is 5.10 Å².